The highest BCUT2D eigenvalue weighted by Crippen LogP contribution is 2.15. The van der Waals surface area contributed by atoms with Crippen molar-refractivity contribution in [2.45, 2.75) is 0 Å². The molecular weight excluding hydrogens is 285 g/mol. The number of carboxylic acid groups (broad SMARTS) is 1. The molecule has 5 nitrogen and oxygen atoms in total. The Bertz CT molecular complexity index is 424. The number of nitrogens with one attached hydrogen (secondary N) is 1. The van der Waals surface area contributed by atoms with Crippen molar-refractivity contribution in [2.75, 3.05) is 6.61 Å². The van der Waals surface area contributed by atoms with Crippen LogP contribution < -0.4 is 5.48 Å². The van der Waals surface area contributed by atoms with Crippen LogP contribution in [0.15, 0.2) is 22.7 Å². The van der Waals surface area contributed by atoms with E-state index in [-0.39, 0.29) is 5.56 Å². The molecule has 0 saturated heterocycles. The smallest absolute Gasteiger partial charge is 0.332 e. The number of carboxylic acids is 1. The molecule has 86 valence electrons. The molecule has 0 aliphatic carbocycles. The van der Waals surface area contributed by atoms with Gasteiger partial charge in [0.1, 0.15) is 5.82 Å². The molecule has 1 rings (SSSR count). The topological polar surface area (TPSA) is 75.6 Å². The molecule has 0 spiro atoms. The number of hydroxylamine groups is 1. The van der Waals surface area contributed by atoms with Crippen LogP contribution in [0, 0.1) is 5.82 Å². The number of hydrogen-bond acceptors (Lipinski definition) is 3. The van der Waals surface area contributed by atoms with Crippen LogP contribution in [0.5, 0.6) is 0 Å². The number of hydrogen-bond donors (Lipinski definition) is 2. The van der Waals surface area contributed by atoms with Crippen LogP contribution in [-0.2, 0) is 9.63 Å². The highest BCUT2D eigenvalue weighted by atomic mass is 79.9. The average molecular weight is 292 g/mol. The van der Waals surface area contributed by atoms with Gasteiger partial charge < -0.3 is 5.11 Å². The Balaban J connectivity index is 2.65. The van der Waals surface area contributed by atoms with Gasteiger partial charge in [-0.25, -0.2) is 14.7 Å². The molecule has 0 saturated carbocycles. The molecule has 0 aromatic heterocycles. The largest absolute Gasteiger partial charge is 0.479 e. The Hall–Kier alpha value is -1.47. The van der Waals surface area contributed by atoms with Crippen molar-refractivity contribution in [2.24, 2.45) is 0 Å². The SMILES string of the molecule is O=C(O)CONC(=O)c1cc(Br)ccc1F. The molecule has 1 amide bonds. The van der Waals surface area contributed by atoms with Gasteiger partial charge in [-0.3, -0.25) is 9.63 Å². The maximum Gasteiger partial charge on any atom is 0.332 e. The molecule has 0 aliphatic rings. The molecule has 0 heterocycles. The predicted octanol–water partition coefficient (Wildman–Crippen LogP) is 1.33. The molecule has 0 atom stereocenters. The first kappa shape index (κ1) is 12.6. The van der Waals surface area contributed by atoms with Crippen LogP contribution in [0.3, 0.4) is 0 Å². The van der Waals surface area contributed by atoms with E-state index < -0.39 is 24.3 Å². The minimum Gasteiger partial charge on any atom is -0.479 e. The molecule has 0 bridgehead atoms. The lowest BCUT2D eigenvalue weighted by atomic mass is 10.2. The van der Waals surface area contributed by atoms with Crippen molar-refractivity contribution in [3.05, 3.63) is 34.1 Å². The lowest BCUT2D eigenvalue weighted by Gasteiger charge is -2.05. The zero-order valence-corrected chi connectivity index (χ0v) is 9.45. The highest BCUT2D eigenvalue weighted by molar-refractivity contribution is 9.10. The van der Waals surface area contributed by atoms with Gasteiger partial charge in [0, 0.05) is 4.47 Å². The first-order valence-electron chi connectivity index (χ1n) is 4.09. The maximum atomic E-state index is 13.2. The van der Waals surface area contributed by atoms with E-state index >= 15 is 0 Å². The van der Waals surface area contributed by atoms with Gasteiger partial charge in [-0.2, -0.15) is 0 Å². The summed E-state index contributed by atoms with van der Waals surface area (Å²) < 4.78 is 13.7. The van der Waals surface area contributed by atoms with E-state index in [9.17, 15) is 14.0 Å². The number of carbonyl (C=O) groups excluding carboxylic acids is 1. The monoisotopic (exact) mass is 291 g/mol. The van der Waals surface area contributed by atoms with Crippen molar-refractivity contribution in [3.63, 3.8) is 0 Å². The van der Waals surface area contributed by atoms with E-state index in [1.807, 2.05) is 5.48 Å². The van der Waals surface area contributed by atoms with Crippen molar-refractivity contribution in [1.29, 1.82) is 0 Å². The quantitative estimate of drug-likeness (QED) is 0.821. The summed E-state index contributed by atoms with van der Waals surface area (Å²) in [6, 6.07) is 3.80. The summed E-state index contributed by atoms with van der Waals surface area (Å²) in [5.41, 5.74) is 1.58. The summed E-state index contributed by atoms with van der Waals surface area (Å²) in [6.07, 6.45) is 0. The Kier molecular flexibility index (Phi) is 4.39. The van der Waals surface area contributed by atoms with Gasteiger partial charge in [-0.1, -0.05) is 15.9 Å². The van der Waals surface area contributed by atoms with Gasteiger partial charge in [0.2, 0.25) is 0 Å². The van der Waals surface area contributed by atoms with E-state index in [0.717, 1.165) is 6.07 Å². The third-order valence-electron chi connectivity index (χ3n) is 1.53. The molecule has 1 aromatic rings. The normalized spacial score (nSPS) is 9.88. The van der Waals surface area contributed by atoms with Gasteiger partial charge in [-0.05, 0) is 18.2 Å². The summed E-state index contributed by atoms with van der Waals surface area (Å²) in [4.78, 5) is 25.7. The summed E-state index contributed by atoms with van der Waals surface area (Å²) in [7, 11) is 0. The summed E-state index contributed by atoms with van der Waals surface area (Å²) >= 11 is 3.07. The lowest BCUT2D eigenvalue weighted by Crippen LogP contribution is -2.27. The number of benzene rings is 1. The van der Waals surface area contributed by atoms with Crippen LogP contribution in [-0.4, -0.2) is 23.6 Å². The van der Waals surface area contributed by atoms with Crippen LogP contribution in [0.25, 0.3) is 0 Å². The summed E-state index contributed by atoms with van der Waals surface area (Å²) in [6.45, 7) is -0.693. The van der Waals surface area contributed by atoms with Crippen molar-refractivity contribution in [1.82, 2.24) is 5.48 Å². The number of carbonyl (C=O) groups is 2. The molecule has 0 radical (unpaired) electrons. The molecule has 1 aromatic carbocycles. The number of rotatable bonds is 4. The molecule has 7 heteroatoms. The van der Waals surface area contributed by atoms with E-state index in [0.29, 0.717) is 4.47 Å². The van der Waals surface area contributed by atoms with Crippen molar-refractivity contribution >= 4 is 27.8 Å². The van der Waals surface area contributed by atoms with Gasteiger partial charge in [-0.15, -0.1) is 0 Å². The molecule has 0 unspecified atom stereocenters. The average Bonchev–Trinajstić information content (AvgIpc) is 2.21. The number of halogens is 2. The van der Waals surface area contributed by atoms with Gasteiger partial charge in [0.25, 0.3) is 5.91 Å². The fourth-order valence-electron chi connectivity index (χ4n) is 0.890. The van der Waals surface area contributed by atoms with Gasteiger partial charge >= 0.3 is 5.97 Å². The standard InChI is InChI=1S/C9H7BrFNO4/c10-5-1-2-7(11)6(3-5)9(15)12-16-4-8(13)14/h1-3H,4H2,(H,12,15)(H,13,14). The second kappa shape index (κ2) is 5.57. The Morgan fingerprint density at radius 1 is 1.50 bits per heavy atom. The third kappa shape index (κ3) is 3.59. The van der Waals surface area contributed by atoms with Crippen LogP contribution in [0.2, 0.25) is 0 Å². The van der Waals surface area contributed by atoms with Gasteiger partial charge in [0.15, 0.2) is 6.61 Å². The second-order valence-corrected chi connectivity index (χ2v) is 3.65. The Labute approximate surface area is 98.3 Å². The Morgan fingerprint density at radius 2 is 2.19 bits per heavy atom. The van der Waals surface area contributed by atoms with Crippen molar-refractivity contribution < 1.29 is 23.9 Å². The first-order valence-corrected chi connectivity index (χ1v) is 4.89. The zero-order valence-electron chi connectivity index (χ0n) is 7.87. The van der Waals surface area contributed by atoms with E-state index in [1.54, 1.807) is 0 Å². The summed E-state index contributed by atoms with van der Waals surface area (Å²) in [5.74, 6) is -2.81. The second-order valence-electron chi connectivity index (χ2n) is 2.74. The predicted molar refractivity (Wildman–Crippen MR) is 55.2 cm³/mol. The Morgan fingerprint density at radius 3 is 2.81 bits per heavy atom. The molecule has 0 fully saturated rings. The third-order valence-corrected chi connectivity index (χ3v) is 2.03. The minimum atomic E-state index is -1.24. The van der Waals surface area contributed by atoms with Crippen LogP contribution in [0.4, 0.5) is 4.39 Å². The fourth-order valence-corrected chi connectivity index (χ4v) is 1.25. The van der Waals surface area contributed by atoms with Crippen LogP contribution >= 0.6 is 15.9 Å². The minimum absolute atomic E-state index is 0.236. The molecule has 0 aliphatic heterocycles. The van der Waals surface area contributed by atoms with Gasteiger partial charge in [0.05, 0.1) is 5.56 Å². The molecule has 16 heavy (non-hydrogen) atoms. The van der Waals surface area contributed by atoms with E-state index in [4.69, 9.17) is 5.11 Å². The summed E-state index contributed by atoms with van der Waals surface area (Å²) in [5, 5.41) is 8.24. The zero-order chi connectivity index (χ0) is 12.1. The highest BCUT2D eigenvalue weighted by Gasteiger charge is 2.12. The number of aliphatic carboxylic acids is 1. The number of amides is 1. The fraction of sp³-hybridized carbons (Fsp3) is 0.111. The molecule has 2 N–H and O–H groups in total. The lowest BCUT2D eigenvalue weighted by molar-refractivity contribution is -0.144. The van der Waals surface area contributed by atoms with E-state index in [2.05, 4.69) is 20.8 Å². The van der Waals surface area contributed by atoms with E-state index in [1.165, 1.54) is 12.1 Å². The maximum absolute atomic E-state index is 13.2. The van der Waals surface area contributed by atoms with Crippen molar-refractivity contribution in [3.8, 4) is 0 Å². The first-order chi connectivity index (χ1) is 7.50. The van der Waals surface area contributed by atoms with Crippen LogP contribution in [0.1, 0.15) is 10.4 Å². The molecular formula is C9H7BrFNO4.